The summed E-state index contributed by atoms with van der Waals surface area (Å²) in [5, 5.41) is 15.3. The summed E-state index contributed by atoms with van der Waals surface area (Å²) < 4.78 is 7.82. The lowest BCUT2D eigenvalue weighted by molar-refractivity contribution is -0.139. The Morgan fingerprint density at radius 2 is 1.38 bits per heavy atom. The molecule has 2 amide bonds. The molecule has 1 aliphatic heterocycles. The molecule has 0 radical (unpaired) electrons. The molecule has 2 bridgehead atoms. The van der Waals surface area contributed by atoms with Gasteiger partial charge in [0.2, 0.25) is 5.88 Å². The highest BCUT2D eigenvalue weighted by Gasteiger charge is 2.61. The minimum Gasteiger partial charge on any atom is -0.443 e. The lowest BCUT2D eigenvalue weighted by Crippen LogP contribution is -2.41. The van der Waals surface area contributed by atoms with Crippen molar-refractivity contribution in [3.8, 4) is 12.0 Å². The van der Waals surface area contributed by atoms with E-state index >= 15 is 0 Å². The molecule has 0 unspecified atom stereocenters. The predicted octanol–water partition coefficient (Wildman–Crippen LogP) is 5.40. The van der Waals surface area contributed by atoms with Crippen molar-refractivity contribution >= 4 is 18.0 Å². The summed E-state index contributed by atoms with van der Waals surface area (Å²) in [5.74, 6) is -0.609. The van der Waals surface area contributed by atoms with Gasteiger partial charge in [-0.2, -0.15) is 15.4 Å². The number of aromatic nitrogens is 1. The Morgan fingerprint density at radius 3 is 1.87 bits per heavy atom. The fourth-order valence-electron chi connectivity index (χ4n) is 7.02. The zero-order chi connectivity index (χ0) is 27.2. The summed E-state index contributed by atoms with van der Waals surface area (Å²) in [6.45, 7) is 7.53. The van der Waals surface area contributed by atoms with E-state index in [1.807, 2.05) is 62.6 Å². The third-order valence-electron chi connectivity index (χ3n) is 8.89. The van der Waals surface area contributed by atoms with E-state index in [1.54, 1.807) is 6.21 Å². The molecule has 39 heavy (non-hydrogen) atoms. The number of furan rings is 1. The van der Waals surface area contributed by atoms with E-state index in [0.717, 1.165) is 49.8 Å². The number of aryl methyl sites for hydroxylation is 2. The SMILES string of the molecule is Cc1oc(-n2c(C)cc(/C=N\N3C(=O)[C@@H]4C5c6ccccc6C(c6ccccc65)[C@@H]4C3=O)c2C)c(C#N)c1C. The summed E-state index contributed by atoms with van der Waals surface area (Å²) in [6.07, 6.45) is 1.57. The van der Waals surface area contributed by atoms with Gasteiger partial charge in [0.1, 0.15) is 17.4 Å². The van der Waals surface area contributed by atoms with Gasteiger partial charge in [-0.05, 0) is 56.0 Å². The van der Waals surface area contributed by atoms with Gasteiger partial charge in [-0.3, -0.25) is 14.2 Å². The first kappa shape index (κ1) is 23.4. The van der Waals surface area contributed by atoms with E-state index in [2.05, 4.69) is 35.4 Å². The predicted molar refractivity (Wildman–Crippen MR) is 145 cm³/mol. The molecule has 2 aromatic carbocycles. The van der Waals surface area contributed by atoms with Gasteiger partial charge in [-0.1, -0.05) is 48.5 Å². The summed E-state index contributed by atoms with van der Waals surface area (Å²) in [4.78, 5) is 27.6. The first-order chi connectivity index (χ1) is 18.8. The lowest BCUT2D eigenvalue weighted by Gasteiger charge is -2.45. The van der Waals surface area contributed by atoms with Gasteiger partial charge in [-0.15, -0.1) is 0 Å². The number of amides is 2. The largest absolute Gasteiger partial charge is 0.443 e. The van der Waals surface area contributed by atoms with Crippen molar-refractivity contribution in [1.29, 1.82) is 5.26 Å². The molecule has 2 atom stereocenters. The van der Waals surface area contributed by atoms with Crippen LogP contribution >= 0.6 is 0 Å². The maximum Gasteiger partial charge on any atom is 0.254 e. The second-order valence-electron chi connectivity index (χ2n) is 10.7. The van der Waals surface area contributed by atoms with Crippen molar-refractivity contribution in [2.45, 2.75) is 39.5 Å². The fraction of sp³-hybridized carbons (Fsp3) is 0.250. The van der Waals surface area contributed by atoms with Crippen LogP contribution in [0, 0.1) is 50.9 Å². The van der Waals surface area contributed by atoms with Crippen LogP contribution in [-0.2, 0) is 9.59 Å². The van der Waals surface area contributed by atoms with Crippen LogP contribution in [0.3, 0.4) is 0 Å². The van der Waals surface area contributed by atoms with Gasteiger partial charge in [-0.25, -0.2) is 0 Å². The molecule has 3 aliphatic carbocycles. The number of carbonyl (C=O) groups is 2. The number of rotatable bonds is 3. The molecule has 4 aliphatic rings. The number of nitrogens with zero attached hydrogens (tertiary/aromatic N) is 4. The molecule has 3 heterocycles. The molecular formula is C32H26N4O3. The Kier molecular flexibility index (Phi) is 4.89. The number of hydrazone groups is 1. The standard InChI is InChI=1S/C32H26N4O3/c1-16-13-20(18(3)35(16)32-25(14-33)17(2)19(4)39-32)15-34-36-30(37)28-26-21-9-5-6-10-22(21)27(29(28)31(36)38)24-12-8-7-11-23(24)26/h5-13,15,26-29H,1-4H3/b34-15-/t26?,27?,28-,29+. The highest BCUT2D eigenvalue weighted by atomic mass is 16.4. The van der Waals surface area contributed by atoms with Crippen molar-refractivity contribution in [1.82, 2.24) is 9.58 Å². The fourth-order valence-corrected chi connectivity index (χ4v) is 7.02. The first-order valence-corrected chi connectivity index (χ1v) is 13.1. The molecule has 0 N–H and O–H groups in total. The minimum absolute atomic E-state index is 0.163. The van der Waals surface area contributed by atoms with Crippen molar-refractivity contribution in [2.75, 3.05) is 0 Å². The van der Waals surface area contributed by atoms with Gasteiger partial charge < -0.3 is 4.42 Å². The number of imide groups is 1. The highest BCUT2D eigenvalue weighted by Crippen LogP contribution is 2.60. The van der Waals surface area contributed by atoms with Crippen molar-refractivity contribution < 1.29 is 14.0 Å². The first-order valence-electron chi connectivity index (χ1n) is 13.1. The number of hydrogen-bond acceptors (Lipinski definition) is 5. The molecule has 7 heteroatoms. The zero-order valence-electron chi connectivity index (χ0n) is 22.1. The molecule has 2 aromatic heterocycles. The summed E-state index contributed by atoms with van der Waals surface area (Å²) in [5.41, 5.74) is 8.24. The maximum absolute atomic E-state index is 13.8. The molecule has 4 aromatic rings. The van der Waals surface area contributed by atoms with Crippen LogP contribution in [0.2, 0.25) is 0 Å². The lowest BCUT2D eigenvalue weighted by atomic mass is 9.55. The Labute approximate surface area is 226 Å². The van der Waals surface area contributed by atoms with E-state index in [0.29, 0.717) is 17.2 Å². The quantitative estimate of drug-likeness (QED) is 0.270. The number of benzene rings is 2. The summed E-state index contributed by atoms with van der Waals surface area (Å²) in [7, 11) is 0. The molecular weight excluding hydrogens is 488 g/mol. The Bertz CT molecular complexity index is 1680. The van der Waals surface area contributed by atoms with Crippen LogP contribution in [0.5, 0.6) is 0 Å². The van der Waals surface area contributed by atoms with Gasteiger partial charge in [0.15, 0.2) is 0 Å². The van der Waals surface area contributed by atoms with Crippen molar-refractivity contribution in [2.24, 2.45) is 16.9 Å². The molecule has 8 rings (SSSR count). The van der Waals surface area contributed by atoms with E-state index in [9.17, 15) is 14.9 Å². The Morgan fingerprint density at radius 1 is 0.872 bits per heavy atom. The van der Waals surface area contributed by atoms with Crippen molar-refractivity contribution in [3.63, 3.8) is 0 Å². The molecule has 0 spiro atoms. The van der Waals surface area contributed by atoms with Crippen LogP contribution < -0.4 is 0 Å². The van der Waals surface area contributed by atoms with E-state index in [-0.39, 0.29) is 23.7 Å². The molecule has 1 saturated heterocycles. The van der Waals surface area contributed by atoms with Crippen LogP contribution in [0.4, 0.5) is 0 Å². The monoisotopic (exact) mass is 514 g/mol. The average Bonchev–Trinajstić information content (AvgIpc) is 3.49. The summed E-state index contributed by atoms with van der Waals surface area (Å²) >= 11 is 0. The van der Waals surface area contributed by atoms with Crippen LogP contribution in [0.25, 0.3) is 5.88 Å². The van der Waals surface area contributed by atoms with Gasteiger partial charge >= 0.3 is 0 Å². The minimum atomic E-state index is -0.468. The average molecular weight is 515 g/mol. The van der Waals surface area contributed by atoms with Gasteiger partial charge in [0.05, 0.1) is 18.1 Å². The zero-order valence-corrected chi connectivity index (χ0v) is 22.1. The van der Waals surface area contributed by atoms with E-state index in [1.165, 1.54) is 0 Å². The molecule has 1 fully saturated rings. The normalized spacial score (nSPS) is 22.8. The second-order valence-corrected chi connectivity index (χ2v) is 10.7. The molecule has 192 valence electrons. The third-order valence-corrected chi connectivity index (χ3v) is 8.89. The van der Waals surface area contributed by atoms with Gasteiger partial charge in [0.25, 0.3) is 11.8 Å². The topological polar surface area (TPSA) is 91.6 Å². The second kappa shape index (κ2) is 8.15. The van der Waals surface area contributed by atoms with Gasteiger partial charge in [0, 0.05) is 34.4 Å². The van der Waals surface area contributed by atoms with Crippen LogP contribution in [0.1, 0.15) is 67.9 Å². The van der Waals surface area contributed by atoms with E-state index in [4.69, 9.17) is 4.42 Å². The Balaban J connectivity index is 1.27. The number of nitriles is 1. The highest BCUT2D eigenvalue weighted by molar-refractivity contribution is 6.08. The number of carbonyl (C=O) groups excluding carboxylic acids is 2. The third kappa shape index (κ3) is 3.00. The Hall–Kier alpha value is -4.70. The van der Waals surface area contributed by atoms with Crippen molar-refractivity contribution in [3.05, 3.63) is 111 Å². The maximum atomic E-state index is 13.8. The van der Waals surface area contributed by atoms with E-state index < -0.39 is 11.8 Å². The number of hydrogen-bond donors (Lipinski definition) is 0. The summed E-state index contributed by atoms with van der Waals surface area (Å²) in [6, 6.07) is 20.5. The van der Waals surface area contributed by atoms with Crippen LogP contribution in [0.15, 0.2) is 64.1 Å². The molecule has 0 saturated carbocycles. The van der Waals surface area contributed by atoms with Crippen LogP contribution in [-0.4, -0.2) is 27.6 Å². The smallest absolute Gasteiger partial charge is 0.254 e. The molecule has 7 nitrogen and oxygen atoms in total.